The highest BCUT2D eigenvalue weighted by atomic mass is 16.6. The van der Waals surface area contributed by atoms with E-state index in [-0.39, 0.29) is 36.0 Å². The van der Waals surface area contributed by atoms with Gasteiger partial charge in [-0.2, -0.15) is 0 Å². The highest BCUT2D eigenvalue weighted by Gasteiger charge is 2.22. The molecule has 0 saturated heterocycles. The molecule has 0 saturated carbocycles. The van der Waals surface area contributed by atoms with Gasteiger partial charge in [0.2, 0.25) is 5.75 Å². The number of nitro benzene ring substituents is 1. The number of aldehydes is 1. The van der Waals surface area contributed by atoms with Crippen molar-refractivity contribution in [2.24, 2.45) is 0 Å². The van der Waals surface area contributed by atoms with Gasteiger partial charge in [0.25, 0.3) is 0 Å². The summed E-state index contributed by atoms with van der Waals surface area (Å²) in [6.07, 6.45) is 0.517. The summed E-state index contributed by atoms with van der Waals surface area (Å²) < 4.78 is 16.3. The van der Waals surface area contributed by atoms with Crippen molar-refractivity contribution in [3.63, 3.8) is 0 Å². The van der Waals surface area contributed by atoms with Crippen molar-refractivity contribution in [2.45, 2.75) is 13.8 Å². The molecule has 0 aliphatic heterocycles. The lowest BCUT2D eigenvalue weighted by molar-refractivity contribution is -0.386. The number of aryl methyl sites for hydroxylation is 2. The van der Waals surface area contributed by atoms with E-state index in [0.29, 0.717) is 6.29 Å². The third kappa shape index (κ3) is 4.26. The van der Waals surface area contributed by atoms with E-state index in [1.807, 2.05) is 32.0 Å². The van der Waals surface area contributed by atoms with Gasteiger partial charge in [0, 0.05) is 11.6 Å². The van der Waals surface area contributed by atoms with E-state index < -0.39 is 4.92 Å². The third-order valence-electron chi connectivity index (χ3n) is 3.60. The standard InChI is InChI=1S/C18H19NO6/c1-12-5-4-6-13(2)17(12)24-7-8-25-18-15(19(21)22)9-14(11-20)10-16(18)23-3/h4-6,9-11H,7-8H2,1-3H3. The molecule has 2 aromatic rings. The number of nitrogens with zero attached hydrogens (tertiary/aromatic N) is 1. The SMILES string of the molecule is COc1cc(C=O)cc([N+](=O)[O-])c1OCCOc1c(C)cccc1C. The van der Waals surface area contributed by atoms with Gasteiger partial charge in [0.05, 0.1) is 12.0 Å². The van der Waals surface area contributed by atoms with Crippen LogP contribution >= 0.6 is 0 Å². The highest BCUT2D eigenvalue weighted by Crippen LogP contribution is 2.38. The maximum absolute atomic E-state index is 11.2. The van der Waals surface area contributed by atoms with Crippen LogP contribution in [0.4, 0.5) is 5.69 Å². The molecule has 0 bridgehead atoms. The monoisotopic (exact) mass is 345 g/mol. The first-order valence-corrected chi connectivity index (χ1v) is 7.61. The molecule has 2 rings (SSSR count). The number of carbonyl (C=O) groups is 1. The van der Waals surface area contributed by atoms with Crippen LogP contribution in [0.2, 0.25) is 0 Å². The minimum atomic E-state index is -0.614. The van der Waals surface area contributed by atoms with Gasteiger partial charge in [-0.1, -0.05) is 18.2 Å². The molecule has 0 radical (unpaired) electrons. The van der Waals surface area contributed by atoms with Gasteiger partial charge < -0.3 is 14.2 Å². The molecule has 0 spiro atoms. The summed E-state index contributed by atoms with van der Waals surface area (Å²) in [4.78, 5) is 21.5. The van der Waals surface area contributed by atoms with Crippen LogP contribution in [0.5, 0.6) is 17.2 Å². The molecule has 0 unspecified atom stereocenters. The number of rotatable bonds is 8. The summed E-state index contributed by atoms with van der Waals surface area (Å²) in [5.41, 5.74) is 1.81. The molecule has 0 atom stereocenters. The summed E-state index contributed by atoms with van der Waals surface area (Å²) in [6, 6.07) is 8.36. The Morgan fingerprint density at radius 3 is 2.20 bits per heavy atom. The van der Waals surface area contributed by atoms with E-state index in [2.05, 4.69) is 0 Å². The van der Waals surface area contributed by atoms with Crippen molar-refractivity contribution in [1.82, 2.24) is 0 Å². The number of para-hydroxylation sites is 1. The zero-order chi connectivity index (χ0) is 18.4. The van der Waals surface area contributed by atoms with Crippen molar-refractivity contribution < 1.29 is 23.9 Å². The highest BCUT2D eigenvalue weighted by molar-refractivity contribution is 5.79. The van der Waals surface area contributed by atoms with Crippen LogP contribution in [0.1, 0.15) is 21.5 Å². The fourth-order valence-corrected chi connectivity index (χ4v) is 2.42. The van der Waals surface area contributed by atoms with Gasteiger partial charge in [-0.3, -0.25) is 14.9 Å². The Labute approximate surface area is 145 Å². The first-order valence-electron chi connectivity index (χ1n) is 7.61. The van der Waals surface area contributed by atoms with Crippen LogP contribution in [0, 0.1) is 24.0 Å². The smallest absolute Gasteiger partial charge is 0.315 e. The number of benzene rings is 2. The fraction of sp³-hybridized carbons (Fsp3) is 0.278. The molecule has 0 aliphatic rings. The van der Waals surface area contributed by atoms with E-state index in [0.717, 1.165) is 22.9 Å². The van der Waals surface area contributed by atoms with Crippen molar-refractivity contribution in [3.8, 4) is 17.2 Å². The van der Waals surface area contributed by atoms with Crippen LogP contribution in [0.3, 0.4) is 0 Å². The molecule has 132 valence electrons. The van der Waals surface area contributed by atoms with Gasteiger partial charge in [-0.15, -0.1) is 0 Å². The van der Waals surface area contributed by atoms with Gasteiger partial charge in [0.15, 0.2) is 5.75 Å². The number of ether oxygens (including phenoxy) is 3. The first-order chi connectivity index (χ1) is 12.0. The van der Waals surface area contributed by atoms with Crippen molar-refractivity contribution in [3.05, 3.63) is 57.1 Å². The average Bonchev–Trinajstić information content (AvgIpc) is 2.60. The molecule has 0 heterocycles. The Balaban J connectivity index is 2.12. The molecular weight excluding hydrogens is 326 g/mol. The van der Waals surface area contributed by atoms with Crippen molar-refractivity contribution >= 4 is 12.0 Å². The summed E-state index contributed by atoms with van der Waals surface area (Å²) >= 11 is 0. The Morgan fingerprint density at radius 2 is 1.68 bits per heavy atom. The number of hydrogen-bond donors (Lipinski definition) is 0. The number of methoxy groups -OCH3 is 1. The van der Waals surface area contributed by atoms with E-state index in [4.69, 9.17) is 14.2 Å². The molecule has 0 aliphatic carbocycles. The molecule has 7 nitrogen and oxygen atoms in total. The van der Waals surface area contributed by atoms with Crippen LogP contribution < -0.4 is 14.2 Å². The van der Waals surface area contributed by atoms with Gasteiger partial charge in [-0.05, 0) is 31.0 Å². The Hall–Kier alpha value is -3.09. The van der Waals surface area contributed by atoms with Gasteiger partial charge in [0.1, 0.15) is 25.2 Å². The van der Waals surface area contributed by atoms with E-state index in [9.17, 15) is 14.9 Å². The minimum Gasteiger partial charge on any atom is -0.493 e. The molecule has 0 amide bonds. The molecule has 25 heavy (non-hydrogen) atoms. The Bertz CT molecular complexity index is 767. The predicted molar refractivity (Wildman–Crippen MR) is 91.9 cm³/mol. The summed E-state index contributed by atoms with van der Waals surface area (Å²) in [7, 11) is 1.35. The van der Waals surface area contributed by atoms with Crippen LogP contribution in [0.15, 0.2) is 30.3 Å². The maximum Gasteiger partial charge on any atom is 0.315 e. The third-order valence-corrected chi connectivity index (χ3v) is 3.60. The van der Waals surface area contributed by atoms with Crippen molar-refractivity contribution in [1.29, 1.82) is 0 Å². The Morgan fingerprint density at radius 1 is 1.08 bits per heavy atom. The number of hydrogen-bond acceptors (Lipinski definition) is 6. The topological polar surface area (TPSA) is 87.9 Å². The fourth-order valence-electron chi connectivity index (χ4n) is 2.42. The minimum absolute atomic E-state index is 0.0248. The number of carbonyl (C=O) groups excluding carboxylic acids is 1. The lowest BCUT2D eigenvalue weighted by Crippen LogP contribution is -2.12. The first kappa shape index (κ1) is 18.3. The molecule has 2 aromatic carbocycles. The second-order valence-corrected chi connectivity index (χ2v) is 5.36. The average molecular weight is 345 g/mol. The predicted octanol–water partition coefficient (Wildman–Crippen LogP) is 3.49. The quantitative estimate of drug-likeness (QED) is 0.315. The summed E-state index contributed by atoms with van der Waals surface area (Å²) in [6.45, 7) is 4.18. The molecule has 7 heteroatoms. The van der Waals surface area contributed by atoms with E-state index >= 15 is 0 Å². The zero-order valence-electron chi connectivity index (χ0n) is 14.3. The van der Waals surface area contributed by atoms with E-state index in [1.165, 1.54) is 13.2 Å². The molecule has 0 N–H and O–H groups in total. The van der Waals surface area contributed by atoms with Gasteiger partial charge in [-0.25, -0.2) is 0 Å². The lowest BCUT2D eigenvalue weighted by Gasteiger charge is -2.14. The second-order valence-electron chi connectivity index (χ2n) is 5.36. The molecule has 0 fully saturated rings. The maximum atomic E-state index is 11.2. The summed E-state index contributed by atoms with van der Waals surface area (Å²) in [5, 5.41) is 11.2. The summed E-state index contributed by atoms with van der Waals surface area (Å²) in [5.74, 6) is 0.871. The lowest BCUT2D eigenvalue weighted by atomic mass is 10.1. The Kier molecular flexibility index (Phi) is 5.94. The van der Waals surface area contributed by atoms with Gasteiger partial charge >= 0.3 is 5.69 Å². The van der Waals surface area contributed by atoms with Crippen LogP contribution in [-0.4, -0.2) is 31.5 Å². The molecule has 0 aromatic heterocycles. The zero-order valence-corrected chi connectivity index (χ0v) is 14.3. The van der Waals surface area contributed by atoms with Crippen LogP contribution in [-0.2, 0) is 0 Å². The molecular formula is C18H19NO6. The van der Waals surface area contributed by atoms with Crippen LogP contribution in [0.25, 0.3) is 0 Å². The second kappa shape index (κ2) is 8.14. The number of nitro groups is 1. The normalized spacial score (nSPS) is 10.2. The van der Waals surface area contributed by atoms with Crippen molar-refractivity contribution in [2.75, 3.05) is 20.3 Å². The van der Waals surface area contributed by atoms with E-state index in [1.54, 1.807) is 0 Å². The largest absolute Gasteiger partial charge is 0.493 e.